The van der Waals surface area contributed by atoms with Crippen molar-refractivity contribution in [3.8, 4) is 0 Å². The van der Waals surface area contributed by atoms with E-state index in [0.29, 0.717) is 0 Å². The maximum atomic E-state index is 12.4. The molecule has 2 aliphatic rings. The third kappa shape index (κ3) is 4.13. The maximum Gasteiger partial charge on any atom is 0.321 e. The number of aromatic amines is 1. The van der Waals surface area contributed by atoms with Crippen molar-refractivity contribution in [1.82, 2.24) is 25.5 Å². The Balaban J connectivity index is 1.40. The number of rotatable bonds is 4. The molecular weight excluding hydrogens is 342 g/mol. The zero-order chi connectivity index (χ0) is 19.0. The summed E-state index contributed by atoms with van der Waals surface area (Å²) in [5, 5.41) is 5.27. The number of H-pyrrole nitrogens is 1. The van der Waals surface area contributed by atoms with Crippen LogP contribution in [0.5, 0.6) is 0 Å². The van der Waals surface area contributed by atoms with E-state index in [2.05, 4.69) is 39.6 Å². The molecule has 1 aromatic heterocycles. The first-order chi connectivity index (χ1) is 13.0. The fourth-order valence-corrected chi connectivity index (χ4v) is 3.75. The van der Waals surface area contributed by atoms with E-state index in [1.165, 1.54) is 5.56 Å². The number of amides is 3. The van der Waals surface area contributed by atoms with E-state index in [-0.39, 0.29) is 29.9 Å². The van der Waals surface area contributed by atoms with Gasteiger partial charge in [-0.05, 0) is 63.8 Å². The van der Waals surface area contributed by atoms with Gasteiger partial charge in [0.05, 0.1) is 17.1 Å². The Morgan fingerprint density at radius 3 is 2.89 bits per heavy atom. The normalized spacial score (nSPS) is 21.8. The molecule has 3 N–H and O–H groups in total. The minimum absolute atomic E-state index is 0.240. The first kappa shape index (κ1) is 18.0. The zero-order valence-electron chi connectivity index (χ0n) is 15.9. The fourth-order valence-electron chi connectivity index (χ4n) is 3.75. The van der Waals surface area contributed by atoms with E-state index in [0.717, 1.165) is 55.6 Å². The van der Waals surface area contributed by atoms with E-state index in [1.807, 2.05) is 13.0 Å². The average molecular weight is 369 g/mol. The molecule has 1 saturated carbocycles. The van der Waals surface area contributed by atoms with Crippen LogP contribution < -0.4 is 10.6 Å². The molecule has 0 radical (unpaired) electrons. The zero-order valence-corrected chi connectivity index (χ0v) is 15.9. The minimum atomic E-state index is -0.379. The Kier molecular flexibility index (Phi) is 4.86. The highest BCUT2D eigenvalue weighted by Gasteiger charge is 2.31. The molecule has 3 amide bonds. The van der Waals surface area contributed by atoms with Gasteiger partial charge in [0.15, 0.2) is 0 Å². The monoisotopic (exact) mass is 369 g/mol. The highest BCUT2D eigenvalue weighted by Crippen LogP contribution is 2.28. The number of hydrogen-bond acceptors (Lipinski definition) is 4. The van der Waals surface area contributed by atoms with Crippen LogP contribution in [-0.2, 0) is 4.79 Å². The molecule has 1 aromatic carbocycles. The summed E-state index contributed by atoms with van der Waals surface area (Å²) in [5.74, 6) is 1.01. The van der Waals surface area contributed by atoms with Crippen LogP contribution in [0.4, 0.5) is 4.79 Å². The third-order valence-corrected chi connectivity index (χ3v) is 5.57. The fraction of sp³-hybridized carbons (Fsp3) is 0.550. The lowest BCUT2D eigenvalue weighted by molar-refractivity contribution is -0.125. The molecule has 1 saturated heterocycles. The van der Waals surface area contributed by atoms with Gasteiger partial charge in [-0.1, -0.05) is 6.07 Å². The maximum absolute atomic E-state index is 12.4. The second-order valence-corrected chi connectivity index (χ2v) is 7.89. The highest BCUT2D eigenvalue weighted by atomic mass is 16.2. The van der Waals surface area contributed by atoms with Gasteiger partial charge in [-0.15, -0.1) is 0 Å². The summed E-state index contributed by atoms with van der Waals surface area (Å²) < 4.78 is 0. The molecule has 0 spiro atoms. The molecular formula is C20H27N5O2. The number of benzene rings is 1. The van der Waals surface area contributed by atoms with Gasteiger partial charge in [0.2, 0.25) is 5.91 Å². The van der Waals surface area contributed by atoms with Gasteiger partial charge in [0, 0.05) is 18.5 Å². The second kappa shape index (κ2) is 7.31. The molecule has 27 heavy (non-hydrogen) atoms. The third-order valence-electron chi connectivity index (χ3n) is 5.57. The van der Waals surface area contributed by atoms with Gasteiger partial charge >= 0.3 is 6.03 Å². The van der Waals surface area contributed by atoms with Crippen LogP contribution in [0.2, 0.25) is 0 Å². The minimum Gasteiger partial charge on any atom is -0.342 e. The summed E-state index contributed by atoms with van der Waals surface area (Å²) in [4.78, 5) is 34.6. The summed E-state index contributed by atoms with van der Waals surface area (Å²) >= 11 is 0. The first-order valence-electron chi connectivity index (χ1n) is 9.81. The van der Waals surface area contributed by atoms with Gasteiger partial charge in [0.25, 0.3) is 0 Å². The Morgan fingerprint density at radius 1 is 1.30 bits per heavy atom. The number of aryl methyl sites for hydroxylation is 1. The molecule has 2 heterocycles. The van der Waals surface area contributed by atoms with Crippen molar-refractivity contribution >= 4 is 23.0 Å². The number of imidazole rings is 1. The summed E-state index contributed by atoms with van der Waals surface area (Å²) in [6, 6.07) is 5.74. The predicted octanol–water partition coefficient (Wildman–Crippen LogP) is 2.43. The number of fused-ring (bicyclic) bond motifs is 1. The summed E-state index contributed by atoms with van der Waals surface area (Å²) in [5.41, 5.74) is 3.25. The van der Waals surface area contributed by atoms with Crippen molar-refractivity contribution in [2.75, 3.05) is 13.1 Å². The van der Waals surface area contributed by atoms with E-state index in [4.69, 9.17) is 4.98 Å². The highest BCUT2D eigenvalue weighted by molar-refractivity contribution is 5.97. The molecule has 0 bridgehead atoms. The number of aromatic nitrogens is 2. The Bertz CT molecular complexity index is 857. The van der Waals surface area contributed by atoms with Crippen LogP contribution in [0.15, 0.2) is 18.2 Å². The first-order valence-corrected chi connectivity index (χ1v) is 9.81. The molecule has 1 aliphatic heterocycles. The molecule has 2 fully saturated rings. The lowest BCUT2D eigenvalue weighted by Crippen LogP contribution is -2.52. The number of nitrogens with zero attached hydrogens (tertiary/aromatic N) is 2. The summed E-state index contributed by atoms with van der Waals surface area (Å²) in [6.45, 7) is 5.55. The lowest BCUT2D eigenvalue weighted by atomic mass is 9.96. The van der Waals surface area contributed by atoms with Crippen LogP contribution in [0.3, 0.4) is 0 Å². The number of urea groups is 1. The number of carbonyl (C=O) groups is 2. The molecule has 7 nitrogen and oxygen atoms in total. The Labute approximate surface area is 158 Å². The number of imide groups is 1. The largest absolute Gasteiger partial charge is 0.342 e. The second-order valence-electron chi connectivity index (χ2n) is 7.89. The average Bonchev–Trinajstić information content (AvgIpc) is 3.36. The van der Waals surface area contributed by atoms with E-state index in [9.17, 15) is 9.59 Å². The standard InChI is InChI=1S/C20H27N5O2/c1-12-5-8-16-17(10-12)23-18(22-16)14-4-3-9-25(11-14)13(2)19(26)24-20(27)21-15-6-7-15/h5,8,10,13-15H,3-4,6-7,9,11H2,1-2H3,(H,22,23)(H2,21,24,26,27). The van der Waals surface area contributed by atoms with Crippen LogP contribution >= 0.6 is 0 Å². The van der Waals surface area contributed by atoms with Crippen molar-refractivity contribution in [3.05, 3.63) is 29.6 Å². The van der Waals surface area contributed by atoms with Gasteiger partial charge in [-0.3, -0.25) is 15.0 Å². The molecule has 4 rings (SSSR count). The van der Waals surface area contributed by atoms with Crippen molar-refractivity contribution in [2.45, 2.75) is 57.5 Å². The SMILES string of the molecule is Cc1ccc2nc(C3CCCN(C(C)C(=O)NC(=O)NC4CC4)C3)[nH]c2c1. The van der Waals surface area contributed by atoms with Crippen LogP contribution in [0.25, 0.3) is 11.0 Å². The van der Waals surface area contributed by atoms with Crippen molar-refractivity contribution in [3.63, 3.8) is 0 Å². The lowest BCUT2D eigenvalue weighted by Gasteiger charge is -2.35. The Morgan fingerprint density at radius 2 is 2.11 bits per heavy atom. The van der Waals surface area contributed by atoms with Crippen LogP contribution in [0.1, 0.15) is 49.9 Å². The summed E-state index contributed by atoms with van der Waals surface area (Å²) in [7, 11) is 0. The molecule has 7 heteroatoms. The quantitative estimate of drug-likeness (QED) is 0.772. The summed E-state index contributed by atoms with van der Waals surface area (Å²) in [6.07, 6.45) is 4.06. The smallest absolute Gasteiger partial charge is 0.321 e. The van der Waals surface area contributed by atoms with Gasteiger partial charge in [-0.25, -0.2) is 9.78 Å². The van der Waals surface area contributed by atoms with Crippen molar-refractivity contribution < 1.29 is 9.59 Å². The number of nitrogens with one attached hydrogen (secondary N) is 3. The molecule has 2 aromatic rings. The topological polar surface area (TPSA) is 90.1 Å². The van der Waals surface area contributed by atoms with Crippen LogP contribution in [-0.4, -0.2) is 52.0 Å². The van der Waals surface area contributed by atoms with Crippen LogP contribution in [0, 0.1) is 6.92 Å². The molecule has 1 aliphatic carbocycles. The number of piperidine rings is 1. The van der Waals surface area contributed by atoms with Gasteiger partial charge in [-0.2, -0.15) is 0 Å². The predicted molar refractivity (Wildman–Crippen MR) is 104 cm³/mol. The Hall–Kier alpha value is -2.41. The number of likely N-dealkylation sites (tertiary alicyclic amines) is 1. The molecule has 144 valence electrons. The van der Waals surface area contributed by atoms with Crippen molar-refractivity contribution in [2.24, 2.45) is 0 Å². The van der Waals surface area contributed by atoms with E-state index in [1.54, 1.807) is 0 Å². The number of hydrogen-bond donors (Lipinski definition) is 3. The molecule has 2 unspecified atom stereocenters. The molecule has 2 atom stereocenters. The van der Waals surface area contributed by atoms with E-state index < -0.39 is 0 Å². The van der Waals surface area contributed by atoms with Gasteiger partial charge < -0.3 is 10.3 Å². The van der Waals surface area contributed by atoms with Crippen molar-refractivity contribution in [1.29, 1.82) is 0 Å². The van der Waals surface area contributed by atoms with Gasteiger partial charge in [0.1, 0.15) is 5.82 Å². The number of carbonyl (C=O) groups excluding carboxylic acids is 2. The van der Waals surface area contributed by atoms with E-state index >= 15 is 0 Å².